The van der Waals surface area contributed by atoms with E-state index in [9.17, 15) is 4.79 Å². The summed E-state index contributed by atoms with van der Waals surface area (Å²) in [4.78, 5) is 11.9. The maximum absolute atomic E-state index is 11.9. The molecule has 18 heavy (non-hydrogen) atoms. The lowest BCUT2D eigenvalue weighted by Gasteiger charge is -2.13. The van der Waals surface area contributed by atoms with E-state index >= 15 is 0 Å². The highest BCUT2D eigenvalue weighted by Gasteiger charge is 2.14. The highest BCUT2D eigenvalue weighted by molar-refractivity contribution is 5.83. The van der Waals surface area contributed by atoms with Crippen molar-refractivity contribution in [2.24, 2.45) is 0 Å². The van der Waals surface area contributed by atoms with Crippen LogP contribution in [-0.2, 0) is 4.79 Å². The second kappa shape index (κ2) is 7.75. The number of unbranched alkanes of at least 4 members (excludes halogenated alkanes) is 3. The molecule has 0 aromatic heterocycles. The fraction of sp³-hybridized carbons (Fsp3) is 0.533. The SMILES string of the molecule is CCCCCCNC(=O)C(C)c1cccc(N)c1. The van der Waals surface area contributed by atoms with Crippen molar-refractivity contribution in [3.8, 4) is 0 Å². The second-order valence-corrected chi connectivity index (χ2v) is 4.74. The molecule has 1 aromatic carbocycles. The van der Waals surface area contributed by atoms with Gasteiger partial charge in [0.25, 0.3) is 0 Å². The van der Waals surface area contributed by atoms with Crippen molar-refractivity contribution in [2.75, 3.05) is 12.3 Å². The van der Waals surface area contributed by atoms with Crippen molar-refractivity contribution in [3.63, 3.8) is 0 Å². The number of nitrogens with one attached hydrogen (secondary N) is 1. The molecule has 1 unspecified atom stereocenters. The zero-order valence-electron chi connectivity index (χ0n) is 11.4. The van der Waals surface area contributed by atoms with Gasteiger partial charge in [-0.1, -0.05) is 38.3 Å². The minimum atomic E-state index is -0.139. The van der Waals surface area contributed by atoms with Crippen LogP contribution in [0.4, 0.5) is 5.69 Å². The number of amides is 1. The first-order chi connectivity index (χ1) is 8.65. The standard InChI is InChI=1S/C15H24N2O/c1-3-4-5-6-10-17-15(18)12(2)13-8-7-9-14(16)11-13/h7-9,11-12H,3-6,10,16H2,1-2H3,(H,17,18). The van der Waals surface area contributed by atoms with Crippen LogP contribution in [0.15, 0.2) is 24.3 Å². The largest absolute Gasteiger partial charge is 0.399 e. The first-order valence-corrected chi connectivity index (χ1v) is 6.78. The fourth-order valence-corrected chi connectivity index (χ4v) is 1.90. The summed E-state index contributed by atoms with van der Waals surface area (Å²) in [6.07, 6.45) is 4.70. The molecular formula is C15H24N2O. The predicted molar refractivity (Wildman–Crippen MR) is 76.4 cm³/mol. The molecule has 0 aliphatic heterocycles. The number of carbonyl (C=O) groups is 1. The summed E-state index contributed by atoms with van der Waals surface area (Å²) in [5.74, 6) is -0.0585. The van der Waals surface area contributed by atoms with E-state index in [1.165, 1.54) is 19.3 Å². The van der Waals surface area contributed by atoms with Gasteiger partial charge in [-0.2, -0.15) is 0 Å². The highest BCUT2D eigenvalue weighted by Crippen LogP contribution is 2.17. The molecule has 3 heteroatoms. The molecule has 3 N–H and O–H groups in total. The lowest BCUT2D eigenvalue weighted by Crippen LogP contribution is -2.28. The summed E-state index contributed by atoms with van der Waals surface area (Å²) in [7, 11) is 0. The highest BCUT2D eigenvalue weighted by atomic mass is 16.1. The maximum Gasteiger partial charge on any atom is 0.227 e. The van der Waals surface area contributed by atoms with Gasteiger partial charge in [0.05, 0.1) is 5.92 Å². The van der Waals surface area contributed by atoms with Crippen molar-refractivity contribution in [2.45, 2.75) is 45.4 Å². The summed E-state index contributed by atoms with van der Waals surface area (Å²) in [5, 5.41) is 2.98. The second-order valence-electron chi connectivity index (χ2n) is 4.74. The van der Waals surface area contributed by atoms with Gasteiger partial charge < -0.3 is 11.1 Å². The normalized spacial score (nSPS) is 12.1. The Morgan fingerprint density at radius 2 is 2.11 bits per heavy atom. The van der Waals surface area contributed by atoms with Gasteiger partial charge in [-0.05, 0) is 31.0 Å². The first kappa shape index (κ1) is 14.6. The van der Waals surface area contributed by atoms with Crippen molar-refractivity contribution in [1.29, 1.82) is 0 Å². The summed E-state index contributed by atoms with van der Waals surface area (Å²) in [6, 6.07) is 7.52. The van der Waals surface area contributed by atoms with E-state index in [0.29, 0.717) is 5.69 Å². The minimum Gasteiger partial charge on any atom is -0.399 e. The van der Waals surface area contributed by atoms with Crippen LogP contribution in [0, 0.1) is 0 Å². The molecule has 1 aromatic rings. The Morgan fingerprint density at radius 3 is 2.78 bits per heavy atom. The number of nitrogens with two attached hydrogens (primary N) is 1. The van der Waals surface area contributed by atoms with Gasteiger partial charge >= 0.3 is 0 Å². The maximum atomic E-state index is 11.9. The van der Waals surface area contributed by atoms with Gasteiger partial charge in [-0.15, -0.1) is 0 Å². The Balaban J connectivity index is 2.37. The first-order valence-electron chi connectivity index (χ1n) is 6.78. The molecule has 1 amide bonds. The van der Waals surface area contributed by atoms with Gasteiger partial charge in [0, 0.05) is 12.2 Å². The Hall–Kier alpha value is -1.51. The molecular weight excluding hydrogens is 224 g/mol. The van der Waals surface area contributed by atoms with Crippen LogP contribution < -0.4 is 11.1 Å². The molecule has 0 aliphatic carbocycles. The van der Waals surface area contributed by atoms with Gasteiger partial charge in [0.1, 0.15) is 0 Å². The average Bonchev–Trinajstić information content (AvgIpc) is 2.37. The third-order valence-electron chi connectivity index (χ3n) is 3.13. The van der Waals surface area contributed by atoms with E-state index in [0.717, 1.165) is 18.5 Å². The minimum absolute atomic E-state index is 0.0806. The number of hydrogen-bond donors (Lipinski definition) is 2. The van der Waals surface area contributed by atoms with Crippen LogP contribution in [0.25, 0.3) is 0 Å². The molecule has 1 atom stereocenters. The Kier molecular flexibility index (Phi) is 6.26. The summed E-state index contributed by atoms with van der Waals surface area (Å²) >= 11 is 0. The van der Waals surface area contributed by atoms with E-state index in [-0.39, 0.29) is 11.8 Å². The summed E-state index contributed by atoms with van der Waals surface area (Å²) in [6.45, 7) is 4.86. The molecule has 0 radical (unpaired) electrons. The quantitative estimate of drug-likeness (QED) is 0.575. The van der Waals surface area contributed by atoms with Crippen LogP contribution >= 0.6 is 0 Å². The van der Waals surface area contributed by atoms with Gasteiger partial charge in [-0.25, -0.2) is 0 Å². The van der Waals surface area contributed by atoms with E-state index in [1.54, 1.807) is 0 Å². The lowest BCUT2D eigenvalue weighted by atomic mass is 10.00. The molecule has 0 saturated carbocycles. The molecule has 0 fully saturated rings. The van der Waals surface area contributed by atoms with Crippen LogP contribution in [0.3, 0.4) is 0 Å². The van der Waals surface area contributed by atoms with Crippen LogP contribution in [0.2, 0.25) is 0 Å². The molecule has 0 heterocycles. The Labute approximate surface area is 110 Å². The number of carbonyl (C=O) groups excluding carboxylic acids is 1. The molecule has 0 saturated heterocycles. The van der Waals surface area contributed by atoms with Crippen molar-refractivity contribution < 1.29 is 4.79 Å². The predicted octanol–water partition coefficient (Wildman–Crippen LogP) is 3.07. The van der Waals surface area contributed by atoms with Gasteiger partial charge in [0.2, 0.25) is 5.91 Å². The Bertz CT molecular complexity index is 377. The van der Waals surface area contributed by atoms with Crippen LogP contribution in [-0.4, -0.2) is 12.5 Å². The van der Waals surface area contributed by atoms with E-state index in [1.807, 2.05) is 31.2 Å². The number of hydrogen-bond acceptors (Lipinski definition) is 2. The fourth-order valence-electron chi connectivity index (χ4n) is 1.90. The summed E-state index contributed by atoms with van der Waals surface area (Å²) < 4.78 is 0. The van der Waals surface area contributed by atoms with E-state index < -0.39 is 0 Å². The number of benzene rings is 1. The lowest BCUT2D eigenvalue weighted by molar-refractivity contribution is -0.122. The summed E-state index contributed by atoms with van der Waals surface area (Å²) in [5.41, 5.74) is 7.40. The zero-order chi connectivity index (χ0) is 13.4. The third-order valence-corrected chi connectivity index (χ3v) is 3.13. The number of nitrogen functional groups attached to an aromatic ring is 1. The zero-order valence-corrected chi connectivity index (χ0v) is 11.4. The Morgan fingerprint density at radius 1 is 1.33 bits per heavy atom. The van der Waals surface area contributed by atoms with Gasteiger partial charge in [0.15, 0.2) is 0 Å². The third kappa shape index (κ3) is 4.78. The average molecular weight is 248 g/mol. The van der Waals surface area contributed by atoms with Crippen LogP contribution in [0.5, 0.6) is 0 Å². The molecule has 0 aliphatic rings. The molecule has 0 spiro atoms. The van der Waals surface area contributed by atoms with Crippen LogP contribution in [0.1, 0.15) is 51.0 Å². The molecule has 1 rings (SSSR count). The van der Waals surface area contributed by atoms with E-state index in [4.69, 9.17) is 5.73 Å². The smallest absolute Gasteiger partial charge is 0.227 e. The van der Waals surface area contributed by atoms with Crippen molar-refractivity contribution in [1.82, 2.24) is 5.32 Å². The van der Waals surface area contributed by atoms with Crippen molar-refractivity contribution in [3.05, 3.63) is 29.8 Å². The molecule has 0 bridgehead atoms. The van der Waals surface area contributed by atoms with Crippen molar-refractivity contribution >= 4 is 11.6 Å². The number of anilines is 1. The van der Waals surface area contributed by atoms with E-state index in [2.05, 4.69) is 12.2 Å². The molecule has 3 nitrogen and oxygen atoms in total. The number of rotatable bonds is 7. The molecule has 100 valence electrons. The topological polar surface area (TPSA) is 55.1 Å². The monoisotopic (exact) mass is 248 g/mol. The van der Waals surface area contributed by atoms with Gasteiger partial charge in [-0.3, -0.25) is 4.79 Å².